The molecule has 0 amide bonds. The third kappa shape index (κ3) is 8.94. The van der Waals surface area contributed by atoms with Crippen LogP contribution in [0.2, 0.25) is 0 Å². The molecule has 1 aliphatic carbocycles. The van der Waals surface area contributed by atoms with Crippen LogP contribution in [0.5, 0.6) is 0 Å². The Hall–Kier alpha value is -3.50. The van der Waals surface area contributed by atoms with Crippen molar-refractivity contribution in [2.75, 3.05) is 26.9 Å². The van der Waals surface area contributed by atoms with Gasteiger partial charge in [-0.2, -0.15) is 0 Å². The van der Waals surface area contributed by atoms with E-state index < -0.39 is 147 Å². The van der Waals surface area contributed by atoms with Gasteiger partial charge in [0.2, 0.25) is 6.29 Å². The molecule has 0 unspecified atom stereocenters. The van der Waals surface area contributed by atoms with Gasteiger partial charge >= 0.3 is 11.9 Å². The van der Waals surface area contributed by atoms with Crippen molar-refractivity contribution in [2.45, 2.75) is 124 Å². The summed E-state index contributed by atoms with van der Waals surface area (Å²) in [7, 11) is 1.17. The van der Waals surface area contributed by atoms with E-state index in [0.717, 1.165) is 11.8 Å². The summed E-state index contributed by atoms with van der Waals surface area (Å²) in [5.41, 5.74) is -0.863. The third-order valence-electron chi connectivity index (χ3n) is 11.8. The molecule has 5 heterocycles. The maximum Gasteiger partial charge on any atom is 0.337 e. The molecule has 3 fully saturated rings. The second-order valence-corrected chi connectivity index (χ2v) is 15.8. The van der Waals surface area contributed by atoms with E-state index in [1.165, 1.54) is 26.2 Å². The van der Waals surface area contributed by atoms with Crippen LogP contribution in [0.15, 0.2) is 66.0 Å². The molecule has 1 aromatic carbocycles. The maximum atomic E-state index is 12.9. The second kappa shape index (κ2) is 19.3. The topological polar surface area (TPSA) is 329 Å². The number of carbonyl (C=O) groups excluding carboxylic acids is 2. The Bertz CT molecular complexity index is 1800. The molecule has 3 saturated heterocycles. The summed E-state index contributed by atoms with van der Waals surface area (Å²) >= 11 is 0. The highest BCUT2D eigenvalue weighted by molar-refractivity contribution is 5.94. The molecule has 20 atom stereocenters. The second-order valence-electron chi connectivity index (χ2n) is 15.8. The number of hydrogen-bond acceptors (Lipinski definition) is 22. The van der Waals surface area contributed by atoms with Crippen LogP contribution in [0.4, 0.5) is 0 Å². The SMILES string of the molecule is COC(=O)C1=CO[C@@H](O[C@@H]2O[C@H](COCc3ccccc3)[C@@H](O[C@@H]3O[C@H](CO)[C@@H](O[C@@H]4O[C@H](CO)[C@H](O)[C@H](O)[C@H]4O)[C@H](O)[C@H]3O)[C@H](O)[C@H]2O)[C@H]2[C@@H]1C=C[C@@]21C=C([C@H](C)O)C(=O)O1. The van der Waals surface area contributed by atoms with Gasteiger partial charge in [0.05, 0.1) is 63.0 Å². The normalized spacial score (nSPS) is 43.3. The lowest BCUT2D eigenvalue weighted by Crippen LogP contribution is -2.67. The molecule has 0 bridgehead atoms. The Morgan fingerprint density at radius 3 is 1.94 bits per heavy atom. The minimum absolute atomic E-state index is 0.0382. The van der Waals surface area contributed by atoms with Gasteiger partial charge in [-0.1, -0.05) is 36.4 Å². The van der Waals surface area contributed by atoms with E-state index in [0.29, 0.717) is 0 Å². The Labute approximate surface area is 353 Å². The summed E-state index contributed by atoms with van der Waals surface area (Å²) in [5, 5.41) is 107. The van der Waals surface area contributed by atoms with Crippen molar-refractivity contribution < 1.29 is 108 Å². The number of allylic oxidation sites excluding steroid dienone is 1. The maximum absolute atomic E-state index is 12.9. The summed E-state index contributed by atoms with van der Waals surface area (Å²) < 4.78 is 57.7. The summed E-state index contributed by atoms with van der Waals surface area (Å²) in [6.45, 7) is -0.607. The lowest BCUT2D eigenvalue weighted by atomic mass is 9.78. The highest BCUT2D eigenvalue weighted by Crippen LogP contribution is 2.51. The number of esters is 2. The average Bonchev–Trinajstić information content (AvgIpc) is 3.82. The van der Waals surface area contributed by atoms with Gasteiger partial charge in [-0.15, -0.1) is 0 Å². The van der Waals surface area contributed by atoms with Crippen LogP contribution in [0.25, 0.3) is 0 Å². The first-order valence-electron chi connectivity index (χ1n) is 19.9. The highest BCUT2D eigenvalue weighted by atomic mass is 16.8. The van der Waals surface area contributed by atoms with Gasteiger partial charge in [-0.25, -0.2) is 9.59 Å². The van der Waals surface area contributed by atoms with Crippen LogP contribution in [0.3, 0.4) is 0 Å². The molecule has 5 aliphatic heterocycles. The number of benzene rings is 1. The quantitative estimate of drug-likeness (QED) is 0.0622. The number of hydrogen-bond donors (Lipinski definition) is 10. The summed E-state index contributed by atoms with van der Waals surface area (Å²) in [6.07, 6.45) is -23.3. The largest absolute Gasteiger partial charge is 0.471 e. The van der Waals surface area contributed by atoms with Crippen molar-refractivity contribution in [3.63, 3.8) is 0 Å². The van der Waals surface area contributed by atoms with E-state index in [4.69, 9.17) is 47.4 Å². The smallest absolute Gasteiger partial charge is 0.337 e. The number of rotatable bonds is 14. The Morgan fingerprint density at radius 1 is 0.758 bits per heavy atom. The van der Waals surface area contributed by atoms with Crippen LogP contribution < -0.4 is 0 Å². The zero-order chi connectivity index (χ0) is 44.6. The van der Waals surface area contributed by atoms with Crippen molar-refractivity contribution in [2.24, 2.45) is 11.8 Å². The van der Waals surface area contributed by atoms with E-state index in [1.807, 2.05) is 0 Å². The molecular weight excluding hydrogens is 832 g/mol. The van der Waals surface area contributed by atoms with Crippen LogP contribution in [-0.2, 0) is 63.6 Å². The zero-order valence-electron chi connectivity index (χ0n) is 33.4. The number of aliphatic hydroxyl groups is 10. The highest BCUT2D eigenvalue weighted by Gasteiger charge is 2.60. The van der Waals surface area contributed by atoms with Crippen LogP contribution >= 0.6 is 0 Å². The summed E-state index contributed by atoms with van der Waals surface area (Å²) in [6, 6.07) is 8.95. The number of ether oxygens (including phenoxy) is 10. The number of aliphatic hydroxyl groups excluding tert-OH is 10. The number of fused-ring (bicyclic) bond motifs is 2. The number of methoxy groups -OCH3 is 1. The molecule has 344 valence electrons. The molecule has 1 aromatic rings. The van der Waals surface area contributed by atoms with Crippen LogP contribution in [0.1, 0.15) is 12.5 Å². The fraction of sp³-hybridized carbons (Fsp3) is 0.650. The van der Waals surface area contributed by atoms with Gasteiger partial charge < -0.3 is 98.4 Å². The van der Waals surface area contributed by atoms with E-state index >= 15 is 0 Å². The minimum Gasteiger partial charge on any atom is -0.471 e. The first kappa shape index (κ1) is 46.5. The molecule has 7 rings (SSSR count). The minimum atomic E-state index is -2.01. The first-order chi connectivity index (χ1) is 29.6. The molecular formula is C40H52O22. The van der Waals surface area contributed by atoms with Crippen molar-refractivity contribution in [1.29, 1.82) is 0 Å². The third-order valence-corrected chi connectivity index (χ3v) is 11.8. The molecule has 22 nitrogen and oxygen atoms in total. The first-order valence-corrected chi connectivity index (χ1v) is 19.9. The number of carbonyl (C=O) groups is 2. The Kier molecular flexibility index (Phi) is 14.5. The van der Waals surface area contributed by atoms with Gasteiger partial charge in [0.1, 0.15) is 73.2 Å². The van der Waals surface area contributed by atoms with E-state index in [-0.39, 0.29) is 24.4 Å². The predicted molar refractivity (Wildman–Crippen MR) is 199 cm³/mol. The predicted octanol–water partition coefficient (Wildman–Crippen LogP) is -4.51. The molecule has 22 heteroatoms. The van der Waals surface area contributed by atoms with Crippen molar-refractivity contribution in [3.8, 4) is 0 Å². The lowest BCUT2D eigenvalue weighted by molar-refractivity contribution is -0.387. The van der Waals surface area contributed by atoms with Gasteiger partial charge in [0.15, 0.2) is 24.5 Å². The van der Waals surface area contributed by atoms with Crippen molar-refractivity contribution in [3.05, 3.63) is 71.5 Å². The molecule has 62 heavy (non-hydrogen) atoms. The molecule has 6 aliphatic rings. The van der Waals surface area contributed by atoms with Crippen LogP contribution in [0, 0.1) is 11.8 Å². The van der Waals surface area contributed by atoms with Crippen molar-refractivity contribution >= 4 is 11.9 Å². The average molecular weight is 885 g/mol. The fourth-order valence-electron chi connectivity index (χ4n) is 8.40. The molecule has 0 saturated carbocycles. The summed E-state index contributed by atoms with van der Waals surface area (Å²) in [4.78, 5) is 25.7. The van der Waals surface area contributed by atoms with E-state index in [1.54, 1.807) is 36.4 Å². The van der Waals surface area contributed by atoms with Gasteiger partial charge in [-0.05, 0) is 24.6 Å². The molecule has 10 N–H and O–H groups in total. The van der Waals surface area contributed by atoms with Crippen LogP contribution in [-0.4, -0.2) is 200 Å². The Morgan fingerprint density at radius 2 is 1.34 bits per heavy atom. The van der Waals surface area contributed by atoms with Gasteiger partial charge in [0.25, 0.3) is 0 Å². The zero-order valence-corrected chi connectivity index (χ0v) is 33.4. The lowest BCUT2D eigenvalue weighted by Gasteiger charge is -2.48. The molecule has 0 radical (unpaired) electrons. The van der Waals surface area contributed by atoms with Gasteiger partial charge in [0, 0.05) is 5.92 Å². The monoisotopic (exact) mass is 884 g/mol. The van der Waals surface area contributed by atoms with E-state index in [9.17, 15) is 60.7 Å². The fourth-order valence-corrected chi connectivity index (χ4v) is 8.40. The van der Waals surface area contributed by atoms with Crippen molar-refractivity contribution in [1.82, 2.24) is 0 Å². The summed E-state index contributed by atoms with van der Waals surface area (Å²) in [5.74, 6) is -3.48. The molecule has 1 spiro atoms. The Balaban J connectivity index is 1.11. The van der Waals surface area contributed by atoms with E-state index in [2.05, 4.69) is 0 Å². The molecule has 0 aromatic heterocycles. The standard InChI is InChI=1S/C40H52O22/c1-16(43)19-10-40(62-35(19)52)9-8-18-20(34(51)53-2)14-55-36(24(18)40)61-39-31(50)28(47)33(23(58-39)15-54-13-17-6-4-3-5-7-17)60-38-30(49)27(46)32(22(12-42)57-38)59-37-29(48)26(45)25(44)21(11-41)56-37/h3-10,14,16,18,21-33,36-39,41-50H,11-13,15H2,1-2H3/t16-,18+,21+,22+,23+,24+,25-,26-,27+,28+,29+,30+,31+,32+,33+,36-,37-,38-,39-,40+/m0/s1. The van der Waals surface area contributed by atoms with Gasteiger partial charge in [-0.3, -0.25) is 0 Å².